The molecule has 0 aromatic rings. The third-order valence-corrected chi connectivity index (χ3v) is 2.26. The van der Waals surface area contributed by atoms with E-state index in [1.165, 1.54) is 0 Å². The molecule has 0 aliphatic carbocycles. The number of carboxylic acids is 1. The predicted molar refractivity (Wildman–Crippen MR) is 64.7 cm³/mol. The summed E-state index contributed by atoms with van der Waals surface area (Å²) >= 11 is 0. The van der Waals surface area contributed by atoms with Crippen molar-refractivity contribution in [1.29, 1.82) is 0 Å². The first-order valence-electron chi connectivity index (χ1n) is 5.09. The number of hydrogen-bond acceptors (Lipinski definition) is 4. The zero-order valence-electron chi connectivity index (χ0n) is 12.3. The quantitative estimate of drug-likeness (QED) is 0.359. The van der Waals surface area contributed by atoms with E-state index in [-0.39, 0.29) is 60.2 Å². The van der Waals surface area contributed by atoms with Crippen LogP contribution in [0.4, 0.5) is 0 Å². The Morgan fingerprint density at radius 1 is 1.41 bits per heavy atom. The summed E-state index contributed by atoms with van der Waals surface area (Å²) in [6.45, 7) is 3.02. The fraction of sp³-hybridized carbons (Fsp3) is 0.800. The maximum Gasteiger partial charge on any atom is 2.00 e. The van der Waals surface area contributed by atoms with Gasteiger partial charge in [0, 0.05) is 18.4 Å². The van der Waals surface area contributed by atoms with Gasteiger partial charge in [-0.05, 0) is 6.42 Å². The molecule has 0 aromatic heterocycles. The van der Waals surface area contributed by atoms with Crippen molar-refractivity contribution in [1.82, 2.24) is 5.32 Å². The third-order valence-electron chi connectivity index (χ3n) is 2.26. The summed E-state index contributed by atoms with van der Waals surface area (Å²) in [5.41, 5.74) is -0.906. The van der Waals surface area contributed by atoms with Gasteiger partial charge >= 0.3 is 43.7 Å². The van der Waals surface area contributed by atoms with Gasteiger partial charge in [0.15, 0.2) is 0 Å². The van der Waals surface area contributed by atoms with Gasteiger partial charge in [-0.25, -0.2) is 0 Å². The normalized spacial score (nSPS) is 12.5. The van der Waals surface area contributed by atoms with Crippen molar-refractivity contribution >= 4 is 49.6 Å². The van der Waals surface area contributed by atoms with Gasteiger partial charge in [-0.1, -0.05) is 13.8 Å². The van der Waals surface area contributed by atoms with E-state index in [0.717, 1.165) is 0 Å². The fourth-order valence-corrected chi connectivity index (χ4v) is 0.989. The van der Waals surface area contributed by atoms with Crippen molar-refractivity contribution in [3.8, 4) is 0 Å². The summed E-state index contributed by atoms with van der Waals surface area (Å²) in [5.74, 6) is -1.52. The van der Waals surface area contributed by atoms with Crippen LogP contribution in [0.5, 0.6) is 0 Å². The van der Waals surface area contributed by atoms with E-state index in [1.54, 1.807) is 13.8 Å². The van der Waals surface area contributed by atoms with Crippen molar-refractivity contribution in [3.63, 3.8) is 0 Å². The molecule has 7 heteroatoms. The molecule has 0 aliphatic rings. The van der Waals surface area contributed by atoms with Crippen molar-refractivity contribution < 1.29 is 27.8 Å². The van der Waals surface area contributed by atoms with Crippen molar-refractivity contribution in [2.45, 2.75) is 32.8 Å². The summed E-state index contributed by atoms with van der Waals surface area (Å²) < 4.78 is 0. The molecule has 0 radical (unpaired) electrons. The molecule has 0 saturated heterocycles. The second-order valence-corrected chi connectivity index (χ2v) is 4.34. The molecule has 6 nitrogen and oxygen atoms in total. The number of rotatable bonds is 7. The Bertz CT molecular complexity index is 266. The fourth-order valence-electron chi connectivity index (χ4n) is 0.989. The Morgan fingerprint density at radius 2 is 1.94 bits per heavy atom. The summed E-state index contributed by atoms with van der Waals surface area (Å²) in [7, 11) is 0. The molecular weight excluding hydrogens is 254 g/mol. The van der Waals surface area contributed by atoms with Gasteiger partial charge in [-0.15, -0.1) is 0 Å². The Kier molecular flexibility index (Phi) is 10.4. The Balaban J connectivity index is -0.000000375. The molecule has 0 aromatic carbocycles. The smallest absolute Gasteiger partial charge is 1.00 e. The SMILES string of the molecule is CC(C)(CO)[C@@H](O)C(=O)NCCCC(=O)O.[Ca+2].[H-].[H-]. The van der Waals surface area contributed by atoms with Crippen LogP contribution in [0, 0.1) is 5.41 Å². The molecule has 0 bridgehead atoms. The summed E-state index contributed by atoms with van der Waals surface area (Å²) in [4.78, 5) is 21.6. The van der Waals surface area contributed by atoms with Gasteiger partial charge in [0.2, 0.25) is 5.91 Å². The number of carboxylic acid groups (broad SMARTS) is 1. The molecule has 1 amide bonds. The van der Waals surface area contributed by atoms with E-state index in [2.05, 4.69) is 5.32 Å². The van der Waals surface area contributed by atoms with Crippen LogP contribution in [0.1, 0.15) is 29.5 Å². The number of aliphatic hydroxyl groups is 2. The van der Waals surface area contributed by atoms with Gasteiger partial charge in [0.25, 0.3) is 0 Å². The number of aliphatic hydroxyl groups excluding tert-OH is 2. The maximum atomic E-state index is 11.4. The van der Waals surface area contributed by atoms with Crippen LogP contribution >= 0.6 is 0 Å². The first-order chi connectivity index (χ1) is 7.31. The van der Waals surface area contributed by atoms with Gasteiger partial charge in [-0.3, -0.25) is 9.59 Å². The van der Waals surface area contributed by atoms with Gasteiger partial charge in [0.05, 0.1) is 6.61 Å². The molecule has 0 aliphatic heterocycles. The molecule has 0 saturated carbocycles. The molecule has 0 unspecified atom stereocenters. The largest absolute Gasteiger partial charge is 2.00 e. The Morgan fingerprint density at radius 3 is 2.35 bits per heavy atom. The van der Waals surface area contributed by atoms with Crippen LogP contribution in [-0.2, 0) is 9.59 Å². The summed E-state index contributed by atoms with van der Waals surface area (Å²) in [5, 5.41) is 29.3. The van der Waals surface area contributed by atoms with E-state index in [9.17, 15) is 14.7 Å². The first kappa shape index (κ1) is 19.5. The van der Waals surface area contributed by atoms with Crippen molar-refractivity contribution in [2.75, 3.05) is 13.2 Å². The third kappa shape index (κ3) is 7.94. The number of carbonyl (C=O) groups excluding carboxylic acids is 1. The van der Waals surface area contributed by atoms with Gasteiger partial charge < -0.3 is 23.5 Å². The van der Waals surface area contributed by atoms with Crippen LogP contribution in [0.25, 0.3) is 0 Å². The van der Waals surface area contributed by atoms with E-state index < -0.39 is 23.4 Å². The topological polar surface area (TPSA) is 107 Å². The predicted octanol–water partition coefficient (Wildman–Crippen LogP) is -0.809. The van der Waals surface area contributed by atoms with Gasteiger partial charge in [0.1, 0.15) is 6.10 Å². The number of nitrogens with one attached hydrogen (secondary N) is 1. The molecule has 0 rings (SSSR count). The molecule has 1 atom stereocenters. The number of amides is 1. The Hall–Kier alpha value is 0.120. The van der Waals surface area contributed by atoms with E-state index in [1.807, 2.05) is 0 Å². The summed E-state index contributed by atoms with van der Waals surface area (Å²) in [6, 6.07) is 0. The van der Waals surface area contributed by atoms with Crippen LogP contribution in [0.2, 0.25) is 0 Å². The molecule has 0 fully saturated rings. The van der Waals surface area contributed by atoms with Crippen LogP contribution in [0.15, 0.2) is 0 Å². The van der Waals surface area contributed by atoms with Crippen LogP contribution in [-0.4, -0.2) is 84.2 Å². The zero-order chi connectivity index (χ0) is 12.8. The van der Waals surface area contributed by atoms with Crippen LogP contribution < -0.4 is 5.32 Å². The van der Waals surface area contributed by atoms with E-state index >= 15 is 0 Å². The Labute approximate surface area is 133 Å². The first-order valence-corrected chi connectivity index (χ1v) is 5.09. The van der Waals surface area contributed by atoms with Crippen LogP contribution in [0.3, 0.4) is 0 Å². The summed E-state index contributed by atoms with van der Waals surface area (Å²) in [6.07, 6.45) is -1.02. The van der Waals surface area contributed by atoms with Crippen molar-refractivity contribution in [2.24, 2.45) is 5.41 Å². The number of hydrogen-bond donors (Lipinski definition) is 4. The monoisotopic (exact) mass is 275 g/mol. The second kappa shape index (κ2) is 9.10. The molecule has 17 heavy (non-hydrogen) atoms. The average molecular weight is 275 g/mol. The van der Waals surface area contributed by atoms with Gasteiger partial charge in [-0.2, -0.15) is 0 Å². The molecule has 0 spiro atoms. The molecule has 98 valence electrons. The minimum Gasteiger partial charge on any atom is -1.00 e. The average Bonchev–Trinajstić information content (AvgIpc) is 2.22. The van der Waals surface area contributed by atoms with Crippen molar-refractivity contribution in [3.05, 3.63) is 0 Å². The minimum absolute atomic E-state index is 0. The minimum atomic E-state index is -1.30. The molecule has 4 N–H and O–H groups in total. The molecule has 0 heterocycles. The number of aliphatic carboxylic acids is 1. The second-order valence-electron chi connectivity index (χ2n) is 4.34. The maximum absolute atomic E-state index is 11.4. The van der Waals surface area contributed by atoms with E-state index in [4.69, 9.17) is 10.2 Å². The van der Waals surface area contributed by atoms with E-state index in [0.29, 0.717) is 6.42 Å². The molecular formula is C10H21CaNO5. The number of carbonyl (C=O) groups is 2. The standard InChI is InChI=1S/C10H19NO5.Ca.2H/c1-10(2,6-12)8(15)9(16)11-5-3-4-7(13)14;;;/h8,12,15H,3-6H2,1-2H3,(H,11,16)(H,13,14);;;/q;+2;2*-1/t8-;;;/m0.../s1. The zero-order valence-corrected chi connectivity index (χ0v) is 12.5.